The summed E-state index contributed by atoms with van der Waals surface area (Å²) in [5.74, 6) is 1.39. The van der Waals surface area contributed by atoms with E-state index in [0.717, 1.165) is 32.0 Å². The summed E-state index contributed by atoms with van der Waals surface area (Å²) in [5, 5.41) is 8.78. The molecule has 0 aromatic rings. The number of piperidine rings is 1. The van der Waals surface area contributed by atoms with E-state index in [1.165, 1.54) is 17.7 Å². The molecule has 1 heterocycles. The van der Waals surface area contributed by atoms with Crippen molar-refractivity contribution in [1.29, 1.82) is 0 Å². The smallest absolute Gasteiger partial charge is 0.407 e. The van der Waals surface area contributed by atoms with Gasteiger partial charge in [-0.3, -0.25) is 0 Å². The van der Waals surface area contributed by atoms with Crippen molar-refractivity contribution in [3.05, 3.63) is 0 Å². The quantitative estimate of drug-likeness (QED) is 0.774. The zero-order valence-corrected chi connectivity index (χ0v) is 9.02. The highest BCUT2D eigenvalue weighted by Gasteiger charge is 2.24. The van der Waals surface area contributed by atoms with Crippen LogP contribution in [-0.2, 0) is 4.74 Å². The molecular formula is C11H19NO3. The SMILES string of the molecule is O=C(O)N1CCC(COCC2CC2)CC1. The Morgan fingerprint density at radius 3 is 2.13 bits per heavy atom. The molecule has 0 radical (unpaired) electrons. The van der Waals surface area contributed by atoms with E-state index in [1.807, 2.05) is 0 Å². The molecule has 2 rings (SSSR count). The van der Waals surface area contributed by atoms with Crippen molar-refractivity contribution in [3.63, 3.8) is 0 Å². The van der Waals surface area contributed by atoms with Crippen molar-refractivity contribution in [2.45, 2.75) is 25.7 Å². The minimum atomic E-state index is -0.785. The molecular weight excluding hydrogens is 194 g/mol. The lowest BCUT2D eigenvalue weighted by Crippen LogP contribution is -2.38. The Balaban J connectivity index is 1.58. The van der Waals surface area contributed by atoms with Crippen LogP contribution in [0.15, 0.2) is 0 Å². The van der Waals surface area contributed by atoms with Gasteiger partial charge in [-0.05, 0) is 37.5 Å². The lowest BCUT2D eigenvalue weighted by atomic mass is 9.98. The molecule has 1 N–H and O–H groups in total. The van der Waals surface area contributed by atoms with Crippen molar-refractivity contribution >= 4 is 6.09 Å². The highest BCUT2D eigenvalue weighted by atomic mass is 16.5. The molecule has 0 aromatic carbocycles. The van der Waals surface area contributed by atoms with Gasteiger partial charge in [0.15, 0.2) is 0 Å². The molecule has 0 unspecified atom stereocenters. The Morgan fingerprint density at radius 1 is 1.13 bits per heavy atom. The molecule has 1 saturated heterocycles. The van der Waals surface area contributed by atoms with Crippen LogP contribution in [-0.4, -0.2) is 42.4 Å². The van der Waals surface area contributed by atoms with Gasteiger partial charge in [0.2, 0.25) is 0 Å². The van der Waals surface area contributed by atoms with Gasteiger partial charge in [0.25, 0.3) is 0 Å². The minimum absolute atomic E-state index is 0.569. The Labute approximate surface area is 90.2 Å². The fourth-order valence-corrected chi connectivity index (χ4v) is 1.98. The Kier molecular flexibility index (Phi) is 3.46. The second kappa shape index (κ2) is 4.84. The first-order valence-corrected chi connectivity index (χ1v) is 5.81. The molecule has 0 aromatic heterocycles. The van der Waals surface area contributed by atoms with Gasteiger partial charge in [0.1, 0.15) is 0 Å². The van der Waals surface area contributed by atoms with Crippen molar-refractivity contribution in [3.8, 4) is 0 Å². The molecule has 0 bridgehead atoms. The molecule has 15 heavy (non-hydrogen) atoms. The lowest BCUT2D eigenvalue weighted by Gasteiger charge is -2.29. The van der Waals surface area contributed by atoms with Crippen LogP contribution < -0.4 is 0 Å². The average Bonchev–Trinajstić information content (AvgIpc) is 3.02. The summed E-state index contributed by atoms with van der Waals surface area (Å²) in [4.78, 5) is 12.2. The van der Waals surface area contributed by atoms with Gasteiger partial charge in [-0.1, -0.05) is 0 Å². The molecule has 2 fully saturated rings. The number of carboxylic acid groups (broad SMARTS) is 1. The maximum absolute atomic E-state index is 10.7. The zero-order chi connectivity index (χ0) is 10.7. The van der Waals surface area contributed by atoms with Crippen LogP contribution in [0.3, 0.4) is 0 Å². The topological polar surface area (TPSA) is 49.8 Å². The highest BCUT2D eigenvalue weighted by molar-refractivity contribution is 5.64. The predicted octanol–water partition coefficient (Wildman–Crippen LogP) is 1.80. The maximum Gasteiger partial charge on any atom is 0.407 e. The van der Waals surface area contributed by atoms with Crippen LogP contribution in [0, 0.1) is 11.8 Å². The first kappa shape index (κ1) is 10.7. The summed E-state index contributed by atoms with van der Waals surface area (Å²) in [6.45, 7) is 3.09. The largest absolute Gasteiger partial charge is 0.465 e. The van der Waals surface area contributed by atoms with Gasteiger partial charge in [-0.15, -0.1) is 0 Å². The van der Waals surface area contributed by atoms with E-state index in [9.17, 15) is 4.79 Å². The van der Waals surface area contributed by atoms with E-state index in [0.29, 0.717) is 19.0 Å². The zero-order valence-electron chi connectivity index (χ0n) is 9.02. The van der Waals surface area contributed by atoms with Crippen LogP contribution in [0.1, 0.15) is 25.7 Å². The summed E-state index contributed by atoms with van der Waals surface area (Å²) < 4.78 is 5.63. The standard InChI is InChI=1S/C11H19NO3/c13-11(14)12-5-3-10(4-6-12)8-15-7-9-1-2-9/h9-10H,1-8H2,(H,13,14). The van der Waals surface area contributed by atoms with E-state index < -0.39 is 6.09 Å². The average molecular weight is 213 g/mol. The summed E-state index contributed by atoms with van der Waals surface area (Å²) in [7, 11) is 0. The molecule has 1 aliphatic carbocycles. The monoisotopic (exact) mass is 213 g/mol. The van der Waals surface area contributed by atoms with E-state index in [-0.39, 0.29) is 0 Å². The molecule has 1 amide bonds. The Morgan fingerprint density at radius 2 is 1.67 bits per heavy atom. The number of ether oxygens (including phenoxy) is 1. The highest BCUT2D eigenvalue weighted by Crippen LogP contribution is 2.29. The summed E-state index contributed by atoms with van der Waals surface area (Å²) in [6, 6.07) is 0. The summed E-state index contributed by atoms with van der Waals surface area (Å²) in [6.07, 6.45) is 3.79. The third kappa shape index (κ3) is 3.38. The number of carbonyl (C=O) groups is 1. The fourth-order valence-electron chi connectivity index (χ4n) is 1.98. The number of hydrogen-bond donors (Lipinski definition) is 1. The molecule has 4 heteroatoms. The van der Waals surface area contributed by atoms with E-state index in [1.54, 1.807) is 0 Å². The van der Waals surface area contributed by atoms with Gasteiger partial charge in [-0.25, -0.2) is 4.79 Å². The number of rotatable bonds is 4. The normalized spacial score (nSPS) is 23.1. The third-order valence-electron chi connectivity index (χ3n) is 3.29. The van der Waals surface area contributed by atoms with Gasteiger partial charge < -0.3 is 14.7 Å². The van der Waals surface area contributed by atoms with Crippen molar-refractivity contribution < 1.29 is 14.6 Å². The second-order valence-corrected chi connectivity index (χ2v) is 4.69. The van der Waals surface area contributed by atoms with Crippen LogP contribution in [0.25, 0.3) is 0 Å². The second-order valence-electron chi connectivity index (χ2n) is 4.69. The van der Waals surface area contributed by atoms with E-state index in [4.69, 9.17) is 9.84 Å². The number of likely N-dealkylation sites (tertiary alicyclic amines) is 1. The predicted molar refractivity (Wildman–Crippen MR) is 55.9 cm³/mol. The van der Waals surface area contributed by atoms with Crippen LogP contribution >= 0.6 is 0 Å². The molecule has 2 aliphatic rings. The summed E-state index contributed by atoms with van der Waals surface area (Å²) >= 11 is 0. The molecule has 1 aliphatic heterocycles. The van der Waals surface area contributed by atoms with Gasteiger partial charge in [0, 0.05) is 26.3 Å². The fraction of sp³-hybridized carbons (Fsp3) is 0.909. The Hall–Kier alpha value is -0.770. The molecule has 0 atom stereocenters. The Bertz CT molecular complexity index is 220. The van der Waals surface area contributed by atoms with E-state index in [2.05, 4.69) is 0 Å². The van der Waals surface area contributed by atoms with Crippen LogP contribution in [0.4, 0.5) is 4.79 Å². The van der Waals surface area contributed by atoms with Gasteiger partial charge in [-0.2, -0.15) is 0 Å². The van der Waals surface area contributed by atoms with Crippen molar-refractivity contribution in [1.82, 2.24) is 4.90 Å². The first-order valence-electron chi connectivity index (χ1n) is 5.81. The van der Waals surface area contributed by atoms with E-state index >= 15 is 0 Å². The third-order valence-corrected chi connectivity index (χ3v) is 3.29. The number of hydrogen-bond acceptors (Lipinski definition) is 2. The van der Waals surface area contributed by atoms with Crippen LogP contribution in [0.5, 0.6) is 0 Å². The maximum atomic E-state index is 10.7. The van der Waals surface area contributed by atoms with Gasteiger partial charge >= 0.3 is 6.09 Å². The lowest BCUT2D eigenvalue weighted by molar-refractivity contribution is 0.0603. The summed E-state index contributed by atoms with van der Waals surface area (Å²) in [5.41, 5.74) is 0. The van der Waals surface area contributed by atoms with Crippen molar-refractivity contribution in [2.75, 3.05) is 26.3 Å². The van der Waals surface area contributed by atoms with Gasteiger partial charge in [0.05, 0.1) is 0 Å². The van der Waals surface area contributed by atoms with Crippen molar-refractivity contribution in [2.24, 2.45) is 11.8 Å². The minimum Gasteiger partial charge on any atom is -0.465 e. The first-order chi connectivity index (χ1) is 7.25. The molecule has 1 saturated carbocycles. The molecule has 4 nitrogen and oxygen atoms in total. The molecule has 0 spiro atoms. The number of nitrogens with zero attached hydrogens (tertiary/aromatic N) is 1. The molecule has 86 valence electrons. The van der Waals surface area contributed by atoms with Crippen LogP contribution in [0.2, 0.25) is 0 Å². The number of amides is 1.